The van der Waals surface area contributed by atoms with E-state index >= 15 is 0 Å². The first-order chi connectivity index (χ1) is 21.8. The third kappa shape index (κ3) is 8.73. The van der Waals surface area contributed by atoms with Crippen LogP contribution in [0.4, 0.5) is 4.79 Å². The number of amides is 3. The van der Waals surface area contributed by atoms with Crippen LogP contribution < -0.4 is 16.4 Å². The van der Waals surface area contributed by atoms with Crippen LogP contribution in [0.2, 0.25) is 0 Å². The minimum atomic E-state index is -1.38. The second-order valence-corrected chi connectivity index (χ2v) is 11.3. The largest absolute Gasteiger partial charge is 0.467 e. The number of nitrogens with two attached hydrogens (primary N) is 1. The number of methoxy groups -OCH3 is 1. The fourth-order valence-corrected chi connectivity index (χ4v) is 6.42. The number of nitrogens with one attached hydrogen (secondary N) is 2. The van der Waals surface area contributed by atoms with Gasteiger partial charge in [-0.3, -0.25) is 9.59 Å². The van der Waals surface area contributed by atoms with Crippen molar-refractivity contribution in [3.05, 3.63) is 144 Å². The topological polar surface area (TPSA) is 137 Å². The van der Waals surface area contributed by atoms with Gasteiger partial charge in [0.2, 0.25) is 11.8 Å². The van der Waals surface area contributed by atoms with E-state index in [1.165, 1.54) is 18.9 Å². The highest BCUT2D eigenvalue weighted by atomic mass is 32.2. The van der Waals surface area contributed by atoms with Gasteiger partial charge in [0.15, 0.2) is 0 Å². The number of primary amides is 1. The molecule has 0 aliphatic heterocycles. The molecule has 0 aliphatic carbocycles. The van der Waals surface area contributed by atoms with Crippen molar-refractivity contribution >= 4 is 35.6 Å². The first-order valence-corrected chi connectivity index (χ1v) is 15.3. The van der Waals surface area contributed by atoms with Crippen LogP contribution >= 0.6 is 11.8 Å². The van der Waals surface area contributed by atoms with Gasteiger partial charge < -0.3 is 25.8 Å². The van der Waals surface area contributed by atoms with Gasteiger partial charge in [-0.2, -0.15) is 0 Å². The molecule has 45 heavy (non-hydrogen) atoms. The summed E-state index contributed by atoms with van der Waals surface area (Å²) >= 11 is 1.45. The molecule has 0 fully saturated rings. The predicted molar refractivity (Wildman–Crippen MR) is 173 cm³/mol. The summed E-state index contributed by atoms with van der Waals surface area (Å²) in [5.41, 5.74) is 9.04. The number of esters is 1. The summed E-state index contributed by atoms with van der Waals surface area (Å²) in [6.07, 6.45) is -1.42. The van der Waals surface area contributed by atoms with Crippen molar-refractivity contribution in [3.8, 4) is 0 Å². The monoisotopic (exact) mass is 625 g/mol. The maximum absolute atomic E-state index is 13.4. The van der Waals surface area contributed by atoms with Crippen molar-refractivity contribution in [2.24, 2.45) is 5.73 Å². The highest BCUT2D eigenvalue weighted by Crippen LogP contribution is 2.48. The molecule has 0 unspecified atom stereocenters. The molecule has 4 aromatic rings. The number of ether oxygens (including phenoxy) is 2. The predicted octanol–water partition coefficient (Wildman–Crippen LogP) is 4.54. The summed E-state index contributed by atoms with van der Waals surface area (Å²) < 4.78 is 9.51. The van der Waals surface area contributed by atoms with E-state index in [-0.39, 0.29) is 12.4 Å². The summed E-state index contributed by atoms with van der Waals surface area (Å²) in [4.78, 5) is 50.9. The molecule has 0 spiro atoms. The van der Waals surface area contributed by atoms with Crippen LogP contribution in [0, 0.1) is 0 Å². The molecular formula is C35H35N3O6S. The van der Waals surface area contributed by atoms with Crippen LogP contribution in [0.1, 0.15) is 28.7 Å². The SMILES string of the molecule is COC(=O)[C@@H](CSC(c1ccccc1)(c1ccccc1)c1ccccc1)NC(=O)[C@@H](CC(N)=O)NC(=O)OCc1ccccc1. The van der Waals surface area contributed by atoms with Gasteiger partial charge in [0.05, 0.1) is 18.3 Å². The number of rotatable bonds is 14. The molecule has 0 aromatic heterocycles. The lowest BCUT2D eigenvalue weighted by molar-refractivity contribution is -0.144. The van der Waals surface area contributed by atoms with E-state index in [1.807, 2.05) is 97.1 Å². The fourth-order valence-electron chi connectivity index (χ4n) is 4.88. The van der Waals surface area contributed by atoms with Crippen molar-refractivity contribution in [3.63, 3.8) is 0 Å². The first-order valence-electron chi connectivity index (χ1n) is 14.3. The molecule has 4 rings (SSSR count). The van der Waals surface area contributed by atoms with Crippen molar-refractivity contribution in [2.75, 3.05) is 12.9 Å². The van der Waals surface area contributed by atoms with E-state index in [9.17, 15) is 19.2 Å². The fraction of sp³-hybridized carbons (Fsp3) is 0.200. The van der Waals surface area contributed by atoms with Gasteiger partial charge in [-0.05, 0) is 22.3 Å². The summed E-state index contributed by atoms with van der Waals surface area (Å²) in [5.74, 6) is -2.22. The van der Waals surface area contributed by atoms with Crippen LogP contribution in [-0.4, -0.2) is 48.8 Å². The Morgan fingerprint density at radius 2 is 1.18 bits per heavy atom. The zero-order chi connectivity index (χ0) is 32.1. The van der Waals surface area contributed by atoms with Crippen molar-refractivity contribution in [2.45, 2.75) is 29.9 Å². The number of carbonyl (C=O) groups is 4. The van der Waals surface area contributed by atoms with E-state index in [1.54, 1.807) is 24.3 Å². The second-order valence-electron chi connectivity index (χ2n) is 10.1. The lowest BCUT2D eigenvalue weighted by atomic mass is 9.84. The van der Waals surface area contributed by atoms with Crippen LogP contribution in [0.25, 0.3) is 0 Å². The lowest BCUT2D eigenvalue weighted by Crippen LogP contribution is -2.54. The highest BCUT2D eigenvalue weighted by molar-refractivity contribution is 8.00. The number of alkyl carbamates (subject to hydrolysis) is 1. The average Bonchev–Trinajstić information content (AvgIpc) is 3.08. The Morgan fingerprint density at radius 3 is 1.62 bits per heavy atom. The van der Waals surface area contributed by atoms with Gasteiger partial charge in [-0.1, -0.05) is 121 Å². The zero-order valence-electron chi connectivity index (χ0n) is 24.8. The van der Waals surface area contributed by atoms with Gasteiger partial charge in [-0.15, -0.1) is 11.8 Å². The Labute approximate surface area is 266 Å². The normalized spacial score (nSPS) is 12.3. The molecule has 4 N–H and O–H groups in total. The van der Waals surface area contributed by atoms with Gasteiger partial charge in [-0.25, -0.2) is 9.59 Å². The zero-order valence-corrected chi connectivity index (χ0v) is 25.6. The van der Waals surface area contributed by atoms with Gasteiger partial charge in [0, 0.05) is 5.75 Å². The summed E-state index contributed by atoms with van der Waals surface area (Å²) in [6, 6.07) is 36.1. The van der Waals surface area contributed by atoms with Crippen LogP contribution in [0.3, 0.4) is 0 Å². The minimum Gasteiger partial charge on any atom is -0.467 e. The summed E-state index contributed by atoms with van der Waals surface area (Å²) in [7, 11) is 1.23. The molecule has 0 saturated heterocycles. The highest BCUT2D eigenvalue weighted by Gasteiger charge is 2.39. The summed E-state index contributed by atoms with van der Waals surface area (Å²) in [5, 5.41) is 5.06. The van der Waals surface area contributed by atoms with Crippen LogP contribution in [0.15, 0.2) is 121 Å². The first kappa shape index (κ1) is 32.8. The van der Waals surface area contributed by atoms with Gasteiger partial charge in [0.1, 0.15) is 18.7 Å². The third-order valence-corrected chi connectivity index (χ3v) is 8.68. The molecule has 0 saturated carbocycles. The van der Waals surface area contributed by atoms with Crippen LogP contribution in [-0.2, 0) is 35.2 Å². The number of hydrogen-bond acceptors (Lipinski definition) is 7. The number of hydrogen-bond donors (Lipinski definition) is 3. The van der Waals surface area contributed by atoms with Crippen molar-refractivity contribution < 1.29 is 28.7 Å². The molecule has 0 heterocycles. The molecule has 9 nitrogen and oxygen atoms in total. The van der Waals surface area contributed by atoms with Crippen molar-refractivity contribution in [1.82, 2.24) is 10.6 Å². The standard InChI is InChI=1S/C35H35N3O6S/c1-43-33(41)30(37-32(40)29(22-31(36)39)38-34(42)44-23-25-14-6-2-7-15-25)24-45-35(26-16-8-3-9-17-26,27-18-10-4-11-19-27)28-20-12-5-13-21-28/h2-21,29-30H,22-24H2,1H3,(H2,36,39)(H,37,40)(H,38,42)/t29-,30-/m1/s1. The second kappa shape index (κ2) is 16.1. The number of thioether (sulfide) groups is 1. The average molecular weight is 626 g/mol. The molecule has 10 heteroatoms. The van der Waals surface area contributed by atoms with E-state index in [0.717, 1.165) is 22.3 Å². The maximum Gasteiger partial charge on any atom is 0.408 e. The minimum absolute atomic E-state index is 0.0421. The Morgan fingerprint density at radius 1 is 0.711 bits per heavy atom. The Kier molecular flexibility index (Phi) is 11.8. The summed E-state index contributed by atoms with van der Waals surface area (Å²) in [6.45, 7) is -0.0421. The van der Waals surface area contributed by atoms with E-state index in [4.69, 9.17) is 15.2 Å². The van der Waals surface area contributed by atoms with E-state index < -0.39 is 47.1 Å². The smallest absolute Gasteiger partial charge is 0.408 e. The molecule has 4 aromatic carbocycles. The van der Waals surface area contributed by atoms with Gasteiger partial charge in [0.25, 0.3) is 0 Å². The molecular weight excluding hydrogens is 590 g/mol. The molecule has 0 bridgehead atoms. The van der Waals surface area contributed by atoms with E-state index in [0.29, 0.717) is 0 Å². The third-order valence-electron chi connectivity index (χ3n) is 7.04. The Balaban J connectivity index is 1.59. The molecule has 0 radical (unpaired) electrons. The van der Waals surface area contributed by atoms with E-state index in [2.05, 4.69) is 10.6 Å². The van der Waals surface area contributed by atoms with Crippen molar-refractivity contribution in [1.29, 1.82) is 0 Å². The molecule has 3 amide bonds. The molecule has 2 atom stereocenters. The molecule has 0 aliphatic rings. The lowest BCUT2D eigenvalue weighted by Gasteiger charge is -2.36. The Bertz CT molecular complexity index is 1460. The Hall–Kier alpha value is -5.09. The van der Waals surface area contributed by atoms with Gasteiger partial charge >= 0.3 is 12.1 Å². The quantitative estimate of drug-likeness (QED) is 0.138. The number of carbonyl (C=O) groups excluding carboxylic acids is 4. The molecule has 232 valence electrons. The maximum atomic E-state index is 13.4. The number of benzene rings is 4. The van der Waals surface area contributed by atoms with Crippen LogP contribution in [0.5, 0.6) is 0 Å².